The number of benzene rings is 1. The van der Waals surface area contributed by atoms with Crippen LogP contribution in [0.1, 0.15) is 19.4 Å². The minimum Gasteiger partial charge on any atom is -0.508 e. The Labute approximate surface area is 88.9 Å². The third kappa shape index (κ3) is 2.13. The van der Waals surface area contributed by atoms with Gasteiger partial charge in [0.15, 0.2) is 0 Å². The maximum atomic E-state index is 9.43. The Hall–Kier alpha value is -1.48. The predicted molar refractivity (Wildman–Crippen MR) is 61.9 cm³/mol. The highest BCUT2D eigenvalue weighted by Gasteiger charge is 2.14. The first-order valence-corrected chi connectivity index (χ1v) is 5.03. The number of rotatable bonds is 2. The van der Waals surface area contributed by atoms with E-state index in [0.717, 1.165) is 22.9 Å². The number of nitrogens with one attached hydrogen (secondary N) is 1. The van der Waals surface area contributed by atoms with Gasteiger partial charge in [-0.25, -0.2) is 0 Å². The molecule has 15 heavy (non-hydrogen) atoms. The van der Waals surface area contributed by atoms with E-state index in [1.807, 2.05) is 26.1 Å². The SMILES string of the molecule is CC(C)(N)Cc1c[nH]c2ccc(O)cc12. The van der Waals surface area contributed by atoms with Crippen LogP contribution in [0.15, 0.2) is 24.4 Å². The number of phenolic OH excluding ortho intramolecular Hbond substituents is 1. The molecule has 0 aliphatic carbocycles. The Morgan fingerprint density at radius 3 is 2.80 bits per heavy atom. The summed E-state index contributed by atoms with van der Waals surface area (Å²) in [5.41, 5.74) is 7.92. The van der Waals surface area contributed by atoms with Gasteiger partial charge >= 0.3 is 0 Å². The molecular formula is C12H16N2O. The number of fused-ring (bicyclic) bond motifs is 1. The molecule has 0 radical (unpaired) electrons. The van der Waals surface area contributed by atoms with Crippen molar-refractivity contribution in [1.29, 1.82) is 0 Å². The highest BCUT2D eigenvalue weighted by molar-refractivity contribution is 5.84. The smallest absolute Gasteiger partial charge is 0.116 e. The minimum absolute atomic E-state index is 0.236. The molecule has 2 rings (SSSR count). The number of phenols is 1. The second-order valence-electron chi connectivity index (χ2n) is 4.71. The first-order chi connectivity index (χ1) is 6.96. The monoisotopic (exact) mass is 204 g/mol. The van der Waals surface area contributed by atoms with Crippen LogP contribution in [0.2, 0.25) is 0 Å². The first kappa shape index (κ1) is 10.1. The average Bonchev–Trinajstić information content (AvgIpc) is 2.46. The molecule has 0 fully saturated rings. The third-order valence-corrected chi connectivity index (χ3v) is 2.40. The quantitative estimate of drug-likeness (QED) is 0.702. The third-order valence-electron chi connectivity index (χ3n) is 2.40. The van der Waals surface area contributed by atoms with E-state index in [1.54, 1.807) is 12.1 Å². The van der Waals surface area contributed by atoms with Gasteiger partial charge in [-0.15, -0.1) is 0 Å². The van der Waals surface area contributed by atoms with Crippen LogP contribution < -0.4 is 5.73 Å². The normalized spacial score (nSPS) is 12.2. The van der Waals surface area contributed by atoms with Crippen molar-refractivity contribution in [2.45, 2.75) is 25.8 Å². The number of hydrogen-bond acceptors (Lipinski definition) is 2. The van der Waals surface area contributed by atoms with Crippen molar-refractivity contribution in [3.63, 3.8) is 0 Å². The fourth-order valence-electron chi connectivity index (χ4n) is 1.80. The lowest BCUT2D eigenvalue weighted by molar-refractivity contribution is 0.476. The van der Waals surface area contributed by atoms with Crippen LogP contribution in [0, 0.1) is 0 Å². The zero-order valence-corrected chi connectivity index (χ0v) is 9.04. The van der Waals surface area contributed by atoms with E-state index in [2.05, 4.69) is 4.98 Å². The second-order valence-corrected chi connectivity index (χ2v) is 4.71. The molecule has 0 unspecified atom stereocenters. The van der Waals surface area contributed by atoms with Crippen molar-refractivity contribution in [1.82, 2.24) is 4.98 Å². The first-order valence-electron chi connectivity index (χ1n) is 5.03. The van der Waals surface area contributed by atoms with Crippen LogP contribution in [-0.4, -0.2) is 15.6 Å². The van der Waals surface area contributed by atoms with Gasteiger partial charge in [-0.3, -0.25) is 0 Å². The molecule has 0 saturated carbocycles. The highest BCUT2D eigenvalue weighted by atomic mass is 16.3. The van der Waals surface area contributed by atoms with E-state index < -0.39 is 0 Å². The largest absolute Gasteiger partial charge is 0.508 e. The molecule has 0 aliphatic rings. The molecular weight excluding hydrogens is 188 g/mol. The van der Waals surface area contributed by atoms with Crippen LogP contribution in [0.3, 0.4) is 0 Å². The zero-order valence-electron chi connectivity index (χ0n) is 9.04. The van der Waals surface area contributed by atoms with Crippen molar-refractivity contribution in [3.05, 3.63) is 30.0 Å². The molecule has 1 aromatic heterocycles. The van der Waals surface area contributed by atoms with E-state index in [4.69, 9.17) is 5.73 Å². The molecule has 4 N–H and O–H groups in total. The number of nitrogens with two attached hydrogens (primary N) is 1. The number of H-pyrrole nitrogens is 1. The van der Waals surface area contributed by atoms with Gasteiger partial charge in [-0.1, -0.05) is 0 Å². The fourth-order valence-corrected chi connectivity index (χ4v) is 1.80. The Balaban J connectivity index is 2.48. The fraction of sp³-hybridized carbons (Fsp3) is 0.333. The Morgan fingerprint density at radius 1 is 1.40 bits per heavy atom. The molecule has 0 bridgehead atoms. The summed E-state index contributed by atoms with van der Waals surface area (Å²) >= 11 is 0. The molecule has 1 aromatic carbocycles. The van der Waals surface area contributed by atoms with Crippen LogP contribution in [-0.2, 0) is 6.42 Å². The van der Waals surface area contributed by atoms with Crippen molar-refractivity contribution in [2.24, 2.45) is 5.73 Å². The van der Waals surface area contributed by atoms with Crippen molar-refractivity contribution >= 4 is 10.9 Å². The summed E-state index contributed by atoms with van der Waals surface area (Å²) in [6.45, 7) is 3.99. The number of aromatic nitrogens is 1. The standard InChI is InChI=1S/C12H16N2O/c1-12(2,13)6-8-7-14-11-4-3-9(15)5-10(8)11/h3-5,7,14-15H,6,13H2,1-2H3. The molecule has 1 heterocycles. The summed E-state index contributed by atoms with van der Waals surface area (Å²) in [6.07, 6.45) is 2.75. The van der Waals surface area contributed by atoms with Crippen LogP contribution in [0.25, 0.3) is 10.9 Å². The van der Waals surface area contributed by atoms with Crippen LogP contribution >= 0.6 is 0 Å². The molecule has 0 amide bonds. The Bertz CT molecular complexity index is 480. The summed E-state index contributed by atoms with van der Waals surface area (Å²) in [5, 5.41) is 10.5. The maximum Gasteiger partial charge on any atom is 0.116 e. The number of aromatic amines is 1. The summed E-state index contributed by atoms with van der Waals surface area (Å²) in [4.78, 5) is 3.17. The molecule has 80 valence electrons. The van der Waals surface area contributed by atoms with Gasteiger partial charge in [-0.2, -0.15) is 0 Å². The van der Waals surface area contributed by atoms with E-state index in [1.165, 1.54) is 0 Å². The molecule has 0 atom stereocenters. The van der Waals surface area contributed by atoms with Gasteiger partial charge in [0, 0.05) is 22.6 Å². The van der Waals surface area contributed by atoms with Crippen molar-refractivity contribution < 1.29 is 5.11 Å². The van der Waals surface area contributed by atoms with Crippen molar-refractivity contribution in [3.8, 4) is 5.75 Å². The lowest BCUT2D eigenvalue weighted by atomic mass is 9.96. The number of hydrogen-bond donors (Lipinski definition) is 3. The van der Waals surface area contributed by atoms with Gasteiger partial charge in [-0.05, 0) is 44.0 Å². The molecule has 3 heteroatoms. The van der Waals surface area contributed by atoms with Gasteiger partial charge in [0.1, 0.15) is 5.75 Å². The van der Waals surface area contributed by atoms with Gasteiger partial charge in [0.05, 0.1) is 0 Å². The van der Waals surface area contributed by atoms with E-state index in [0.29, 0.717) is 0 Å². The zero-order chi connectivity index (χ0) is 11.1. The maximum absolute atomic E-state index is 9.43. The summed E-state index contributed by atoms with van der Waals surface area (Å²) in [6, 6.07) is 5.32. The molecule has 0 spiro atoms. The van der Waals surface area contributed by atoms with Gasteiger partial charge < -0.3 is 15.8 Å². The Kier molecular flexibility index (Phi) is 2.20. The summed E-state index contributed by atoms with van der Waals surface area (Å²) in [5.74, 6) is 0.290. The van der Waals surface area contributed by atoms with Gasteiger partial charge in [0.25, 0.3) is 0 Å². The highest BCUT2D eigenvalue weighted by Crippen LogP contribution is 2.25. The van der Waals surface area contributed by atoms with E-state index >= 15 is 0 Å². The van der Waals surface area contributed by atoms with Crippen molar-refractivity contribution in [2.75, 3.05) is 0 Å². The minimum atomic E-state index is -0.236. The molecule has 0 saturated heterocycles. The van der Waals surface area contributed by atoms with Crippen LogP contribution in [0.4, 0.5) is 0 Å². The predicted octanol–water partition coefficient (Wildman–Crippen LogP) is 2.15. The number of aromatic hydroxyl groups is 1. The summed E-state index contributed by atoms with van der Waals surface area (Å²) in [7, 11) is 0. The van der Waals surface area contributed by atoms with E-state index in [-0.39, 0.29) is 11.3 Å². The second kappa shape index (κ2) is 3.28. The molecule has 3 nitrogen and oxygen atoms in total. The molecule has 0 aliphatic heterocycles. The Morgan fingerprint density at radius 2 is 2.13 bits per heavy atom. The lowest BCUT2D eigenvalue weighted by Crippen LogP contribution is -2.34. The summed E-state index contributed by atoms with van der Waals surface area (Å²) < 4.78 is 0. The topological polar surface area (TPSA) is 62.0 Å². The molecule has 2 aromatic rings. The van der Waals surface area contributed by atoms with Gasteiger partial charge in [0.2, 0.25) is 0 Å². The lowest BCUT2D eigenvalue weighted by Gasteiger charge is -2.17. The average molecular weight is 204 g/mol. The van der Waals surface area contributed by atoms with Crippen LogP contribution in [0.5, 0.6) is 5.75 Å². The van der Waals surface area contributed by atoms with E-state index in [9.17, 15) is 5.11 Å².